The predicted octanol–water partition coefficient (Wildman–Crippen LogP) is 3.07. The summed E-state index contributed by atoms with van der Waals surface area (Å²) in [6, 6.07) is 7.90. The molecular weight excluding hydrogens is 335 g/mol. The SMILES string of the molecule is CN(C)CC(=O)NCc1cccnc1Oc1cccc(C(F)(F)F)c1. The van der Waals surface area contributed by atoms with E-state index in [-0.39, 0.29) is 30.6 Å². The summed E-state index contributed by atoms with van der Waals surface area (Å²) in [6.07, 6.45) is -2.99. The third-order valence-corrected chi connectivity index (χ3v) is 3.16. The van der Waals surface area contributed by atoms with Crippen molar-refractivity contribution < 1.29 is 22.7 Å². The maximum atomic E-state index is 12.8. The van der Waals surface area contributed by atoms with Crippen LogP contribution in [0, 0.1) is 0 Å². The van der Waals surface area contributed by atoms with Crippen molar-refractivity contribution in [3.05, 3.63) is 53.7 Å². The molecule has 0 bridgehead atoms. The molecule has 0 atom stereocenters. The van der Waals surface area contributed by atoms with Crippen molar-refractivity contribution in [2.24, 2.45) is 0 Å². The average molecular weight is 353 g/mol. The summed E-state index contributed by atoms with van der Waals surface area (Å²) in [5, 5.41) is 2.71. The van der Waals surface area contributed by atoms with Gasteiger partial charge < -0.3 is 15.0 Å². The number of benzene rings is 1. The van der Waals surface area contributed by atoms with E-state index >= 15 is 0 Å². The molecule has 1 amide bonds. The molecule has 0 saturated carbocycles. The van der Waals surface area contributed by atoms with Crippen molar-refractivity contribution in [3.8, 4) is 11.6 Å². The standard InChI is InChI=1S/C17H18F3N3O2/c1-23(2)11-15(24)22-10-12-5-4-8-21-16(12)25-14-7-3-6-13(9-14)17(18,19)20/h3-9H,10-11H2,1-2H3,(H,22,24). The largest absolute Gasteiger partial charge is 0.439 e. The second-order valence-electron chi connectivity index (χ2n) is 5.61. The molecule has 1 aromatic heterocycles. The number of hydrogen-bond donors (Lipinski definition) is 1. The third kappa shape index (κ3) is 5.75. The van der Waals surface area contributed by atoms with Gasteiger partial charge in [0, 0.05) is 18.3 Å². The molecule has 0 radical (unpaired) electrons. The average Bonchev–Trinajstić information content (AvgIpc) is 2.53. The molecule has 0 fully saturated rings. The maximum absolute atomic E-state index is 12.8. The number of hydrogen-bond acceptors (Lipinski definition) is 4. The highest BCUT2D eigenvalue weighted by molar-refractivity contribution is 5.77. The Morgan fingerprint density at radius 2 is 2.00 bits per heavy atom. The van der Waals surface area contributed by atoms with E-state index < -0.39 is 11.7 Å². The van der Waals surface area contributed by atoms with Gasteiger partial charge in [-0.05, 0) is 38.4 Å². The molecule has 1 aromatic carbocycles. The molecule has 0 saturated heterocycles. The Morgan fingerprint density at radius 3 is 2.68 bits per heavy atom. The van der Waals surface area contributed by atoms with Crippen molar-refractivity contribution in [2.75, 3.05) is 20.6 Å². The first kappa shape index (κ1) is 18.7. The molecule has 0 aliphatic heterocycles. The molecule has 1 N–H and O–H groups in total. The lowest BCUT2D eigenvalue weighted by atomic mass is 10.2. The zero-order chi connectivity index (χ0) is 18.4. The van der Waals surface area contributed by atoms with Crippen molar-refractivity contribution in [1.29, 1.82) is 0 Å². The molecule has 8 heteroatoms. The van der Waals surface area contributed by atoms with Crippen molar-refractivity contribution in [3.63, 3.8) is 0 Å². The van der Waals surface area contributed by atoms with E-state index in [2.05, 4.69) is 10.3 Å². The van der Waals surface area contributed by atoms with E-state index in [1.165, 1.54) is 18.3 Å². The van der Waals surface area contributed by atoms with E-state index in [0.717, 1.165) is 12.1 Å². The highest BCUT2D eigenvalue weighted by atomic mass is 19.4. The zero-order valence-electron chi connectivity index (χ0n) is 13.8. The second kappa shape index (κ2) is 7.98. The number of nitrogens with one attached hydrogen (secondary N) is 1. The number of rotatable bonds is 6. The fourth-order valence-corrected chi connectivity index (χ4v) is 2.04. The van der Waals surface area contributed by atoms with Crippen LogP contribution in [0.4, 0.5) is 13.2 Å². The van der Waals surface area contributed by atoms with Gasteiger partial charge in [0.1, 0.15) is 5.75 Å². The summed E-state index contributed by atoms with van der Waals surface area (Å²) in [5.74, 6) is -0.0137. The van der Waals surface area contributed by atoms with Gasteiger partial charge in [0.2, 0.25) is 11.8 Å². The molecule has 134 valence electrons. The number of likely N-dealkylation sites (N-methyl/N-ethyl adjacent to an activating group) is 1. The van der Waals surface area contributed by atoms with Crippen LogP contribution >= 0.6 is 0 Å². The molecule has 25 heavy (non-hydrogen) atoms. The van der Waals surface area contributed by atoms with Gasteiger partial charge in [0.05, 0.1) is 12.1 Å². The molecule has 0 aliphatic rings. The van der Waals surface area contributed by atoms with Crippen LogP contribution in [-0.2, 0) is 17.5 Å². The van der Waals surface area contributed by atoms with Crippen LogP contribution in [-0.4, -0.2) is 36.4 Å². The Morgan fingerprint density at radius 1 is 1.24 bits per heavy atom. The van der Waals surface area contributed by atoms with Gasteiger partial charge in [0.15, 0.2) is 0 Å². The fourth-order valence-electron chi connectivity index (χ4n) is 2.04. The third-order valence-electron chi connectivity index (χ3n) is 3.16. The lowest BCUT2D eigenvalue weighted by Crippen LogP contribution is -2.32. The van der Waals surface area contributed by atoms with Gasteiger partial charge in [0.25, 0.3) is 0 Å². The van der Waals surface area contributed by atoms with Crippen LogP contribution in [0.5, 0.6) is 11.6 Å². The van der Waals surface area contributed by atoms with Crippen molar-refractivity contribution in [1.82, 2.24) is 15.2 Å². The molecule has 0 aliphatic carbocycles. The fraction of sp³-hybridized carbons (Fsp3) is 0.294. The maximum Gasteiger partial charge on any atom is 0.416 e. The van der Waals surface area contributed by atoms with E-state index in [1.54, 1.807) is 31.1 Å². The highest BCUT2D eigenvalue weighted by Gasteiger charge is 2.30. The Bertz CT molecular complexity index is 733. The summed E-state index contributed by atoms with van der Waals surface area (Å²) in [7, 11) is 3.54. The van der Waals surface area contributed by atoms with Crippen LogP contribution in [0.15, 0.2) is 42.6 Å². The Kier molecular flexibility index (Phi) is 5.97. The topological polar surface area (TPSA) is 54.5 Å². The minimum Gasteiger partial charge on any atom is -0.439 e. The minimum atomic E-state index is -4.45. The monoisotopic (exact) mass is 353 g/mol. The molecule has 2 rings (SSSR count). The Labute approximate surface area is 143 Å². The molecule has 1 heterocycles. The zero-order valence-corrected chi connectivity index (χ0v) is 13.8. The van der Waals surface area contributed by atoms with Gasteiger partial charge in [-0.1, -0.05) is 12.1 Å². The second-order valence-corrected chi connectivity index (χ2v) is 5.61. The Hall–Kier alpha value is -2.61. The quantitative estimate of drug-likeness (QED) is 0.867. The summed E-state index contributed by atoms with van der Waals surface area (Å²) < 4.78 is 43.8. The first-order valence-corrected chi connectivity index (χ1v) is 7.46. The number of nitrogens with zero attached hydrogens (tertiary/aromatic N) is 2. The Balaban J connectivity index is 2.12. The number of ether oxygens (including phenoxy) is 1. The number of alkyl halides is 3. The van der Waals surface area contributed by atoms with Gasteiger partial charge in [-0.25, -0.2) is 4.98 Å². The lowest BCUT2D eigenvalue weighted by Gasteiger charge is -2.13. The summed E-state index contributed by atoms with van der Waals surface area (Å²) in [5.41, 5.74) is -0.242. The lowest BCUT2D eigenvalue weighted by molar-refractivity contribution is -0.137. The van der Waals surface area contributed by atoms with Crippen LogP contribution in [0.1, 0.15) is 11.1 Å². The number of pyridine rings is 1. The number of halogens is 3. The van der Waals surface area contributed by atoms with Gasteiger partial charge in [-0.15, -0.1) is 0 Å². The first-order chi connectivity index (χ1) is 11.8. The van der Waals surface area contributed by atoms with Gasteiger partial charge >= 0.3 is 6.18 Å². The number of carbonyl (C=O) groups excluding carboxylic acids is 1. The van der Waals surface area contributed by atoms with Crippen LogP contribution < -0.4 is 10.1 Å². The van der Waals surface area contributed by atoms with Crippen LogP contribution in [0.25, 0.3) is 0 Å². The normalized spacial score (nSPS) is 11.4. The van der Waals surface area contributed by atoms with E-state index in [0.29, 0.717) is 5.56 Å². The number of aromatic nitrogens is 1. The molecule has 0 unspecified atom stereocenters. The summed E-state index contributed by atoms with van der Waals surface area (Å²) in [6.45, 7) is 0.388. The smallest absolute Gasteiger partial charge is 0.416 e. The predicted molar refractivity (Wildman–Crippen MR) is 86.2 cm³/mol. The number of amides is 1. The molecular formula is C17H18F3N3O2. The van der Waals surface area contributed by atoms with Crippen LogP contribution in [0.2, 0.25) is 0 Å². The van der Waals surface area contributed by atoms with Crippen LogP contribution in [0.3, 0.4) is 0 Å². The van der Waals surface area contributed by atoms with E-state index in [9.17, 15) is 18.0 Å². The minimum absolute atomic E-state index is 0.0226. The van der Waals surface area contributed by atoms with E-state index in [4.69, 9.17) is 4.74 Å². The first-order valence-electron chi connectivity index (χ1n) is 7.46. The van der Waals surface area contributed by atoms with Crippen molar-refractivity contribution >= 4 is 5.91 Å². The van der Waals surface area contributed by atoms with Gasteiger partial charge in [-0.3, -0.25) is 4.79 Å². The van der Waals surface area contributed by atoms with Gasteiger partial charge in [-0.2, -0.15) is 13.2 Å². The molecule has 2 aromatic rings. The van der Waals surface area contributed by atoms with E-state index in [1.807, 2.05) is 0 Å². The molecule has 0 spiro atoms. The highest BCUT2D eigenvalue weighted by Crippen LogP contribution is 2.32. The van der Waals surface area contributed by atoms with Crippen molar-refractivity contribution in [2.45, 2.75) is 12.7 Å². The summed E-state index contributed by atoms with van der Waals surface area (Å²) >= 11 is 0. The molecule has 5 nitrogen and oxygen atoms in total. The summed E-state index contributed by atoms with van der Waals surface area (Å²) in [4.78, 5) is 17.5. The number of carbonyl (C=O) groups is 1.